The molecule has 0 spiro atoms. The summed E-state index contributed by atoms with van der Waals surface area (Å²) in [5.74, 6) is -1.33. The van der Waals surface area contributed by atoms with Gasteiger partial charge in [0.1, 0.15) is 0 Å². The molecule has 2 heterocycles. The van der Waals surface area contributed by atoms with Gasteiger partial charge in [0.25, 0.3) is 11.6 Å². The highest BCUT2D eigenvalue weighted by Crippen LogP contribution is 2.30. The van der Waals surface area contributed by atoms with Gasteiger partial charge in [0, 0.05) is 10.6 Å². The maximum absolute atomic E-state index is 12.3. The topological polar surface area (TPSA) is 101 Å². The van der Waals surface area contributed by atoms with Gasteiger partial charge in [-0.2, -0.15) is 4.98 Å². The van der Waals surface area contributed by atoms with E-state index in [-0.39, 0.29) is 0 Å². The molecule has 0 fully saturated rings. The number of thiazole rings is 1. The summed E-state index contributed by atoms with van der Waals surface area (Å²) in [7, 11) is 0. The van der Waals surface area contributed by atoms with Crippen LogP contribution in [0.2, 0.25) is 0 Å². The van der Waals surface area contributed by atoms with E-state index in [1.54, 1.807) is 0 Å². The fourth-order valence-corrected chi connectivity index (χ4v) is 3.65. The van der Waals surface area contributed by atoms with Gasteiger partial charge in [-0.25, -0.2) is 4.79 Å². The van der Waals surface area contributed by atoms with Crippen molar-refractivity contribution in [2.24, 2.45) is 0 Å². The molecule has 0 aliphatic heterocycles. The van der Waals surface area contributed by atoms with Crippen molar-refractivity contribution < 1.29 is 19.7 Å². The van der Waals surface area contributed by atoms with Crippen LogP contribution in [0.25, 0.3) is 4.96 Å². The fourth-order valence-electron chi connectivity index (χ4n) is 2.45. The minimum atomic E-state index is -1.65. The molecule has 2 N–H and O–H groups in total. The number of aromatic hydroxyl groups is 1. The van der Waals surface area contributed by atoms with Crippen molar-refractivity contribution in [3.63, 3.8) is 0 Å². The summed E-state index contributed by atoms with van der Waals surface area (Å²) in [6.07, 6.45) is 3.09. The Labute approximate surface area is 117 Å². The Kier molecular flexibility index (Phi) is 3.09. The number of carboxylic acid groups (broad SMARTS) is 1. The molecule has 0 radical (unpaired) electrons. The third kappa shape index (κ3) is 2.01. The third-order valence-corrected chi connectivity index (χ3v) is 4.45. The molecule has 8 heteroatoms. The van der Waals surface area contributed by atoms with Crippen molar-refractivity contribution in [3.8, 4) is 11.6 Å². The van der Waals surface area contributed by atoms with Crippen molar-refractivity contribution in [1.82, 2.24) is 9.38 Å². The third-order valence-electron chi connectivity index (χ3n) is 3.31. The summed E-state index contributed by atoms with van der Waals surface area (Å²) in [6.45, 7) is 0. The number of nitrogens with zero attached hydrogens (tertiary/aromatic N) is 2. The second kappa shape index (κ2) is 4.78. The van der Waals surface area contributed by atoms with Gasteiger partial charge < -0.3 is 14.9 Å². The quantitative estimate of drug-likeness (QED) is 0.614. The molecule has 0 unspecified atom stereocenters. The number of hydrogen-bond acceptors (Lipinski definition) is 6. The zero-order valence-corrected chi connectivity index (χ0v) is 11.3. The lowest BCUT2D eigenvalue weighted by Crippen LogP contribution is -2.21. The average molecular weight is 296 g/mol. The second-order valence-electron chi connectivity index (χ2n) is 4.59. The van der Waals surface area contributed by atoms with E-state index in [9.17, 15) is 14.7 Å². The molecule has 3 rings (SSSR count). The summed E-state index contributed by atoms with van der Waals surface area (Å²) in [5, 5.41) is 18.3. The first-order valence-corrected chi connectivity index (χ1v) is 7.06. The number of fused-ring (bicyclic) bond motifs is 3. The van der Waals surface area contributed by atoms with Crippen molar-refractivity contribution in [2.75, 3.05) is 0 Å². The van der Waals surface area contributed by atoms with Crippen LogP contribution in [-0.2, 0) is 12.8 Å². The lowest BCUT2D eigenvalue weighted by molar-refractivity contribution is 0.141. The highest BCUT2D eigenvalue weighted by molar-refractivity contribution is 7.17. The maximum Gasteiger partial charge on any atom is 0.511 e. The highest BCUT2D eigenvalue weighted by atomic mass is 32.1. The van der Waals surface area contributed by atoms with Crippen molar-refractivity contribution in [3.05, 3.63) is 20.9 Å². The maximum atomic E-state index is 12.3. The first-order chi connectivity index (χ1) is 9.58. The largest absolute Gasteiger partial charge is 0.511 e. The Hall–Kier alpha value is -2.09. The highest BCUT2D eigenvalue weighted by Gasteiger charge is 2.23. The van der Waals surface area contributed by atoms with E-state index in [0.29, 0.717) is 4.96 Å². The van der Waals surface area contributed by atoms with Crippen molar-refractivity contribution >= 4 is 22.5 Å². The molecule has 0 bridgehead atoms. The lowest BCUT2D eigenvalue weighted by atomic mass is 10.2. The molecular weight excluding hydrogens is 284 g/mol. The van der Waals surface area contributed by atoms with Crippen LogP contribution in [0, 0.1) is 0 Å². The fraction of sp³-hybridized carbons (Fsp3) is 0.417. The molecule has 0 saturated carbocycles. The Balaban J connectivity index is 2.27. The van der Waals surface area contributed by atoms with E-state index in [4.69, 9.17) is 5.11 Å². The molecule has 0 amide bonds. The second-order valence-corrected chi connectivity index (χ2v) is 5.65. The normalized spacial score (nSPS) is 14.8. The van der Waals surface area contributed by atoms with Gasteiger partial charge in [-0.3, -0.25) is 9.20 Å². The number of ether oxygens (including phenoxy) is 1. The van der Waals surface area contributed by atoms with Crippen LogP contribution >= 0.6 is 11.3 Å². The smallest absolute Gasteiger partial charge is 0.490 e. The molecule has 2 aromatic rings. The minimum absolute atomic E-state index is 0.372. The van der Waals surface area contributed by atoms with Crippen LogP contribution < -0.4 is 10.3 Å². The van der Waals surface area contributed by atoms with Crippen molar-refractivity contribution in [1.29, 1.82) is 0 Å². The zero-order valence-electron chi connectivity index (χ0n) is 10.5. The molecule has 1 aliphatic carbocycles. The Morgan fingerprint density at radius 2 is 2.05 bits per heavy atom. The number of aromatic nitrogens is 2. The molecule has 106 valence electrons. The van der Waals surface area contributed by atoms with Crippen LogP contribution in [0.15, 0.2) is 4.79 Å². The molecular formula is C12H12N2O5S. The number of carbonyl (C=O) groups is 1. The standard InChI is InChI=1S/C12H12N2O5S/c15-9-8(19-12(17)18)10(16)14-6-4-2-1-3-5-7(6)20-11(14)13-9/h15H,1-5H2,(H,17,18). The van der Waals surface area contributed by atoms with Crippen LogP contribution in [0.4, 0.5) is 4.79 Å². The molecule has 2 aromatic heterocycles. The number of aryl methyl sites for hydroxylation is 2. The van der Waals surface area contributed by atoms with Crippen LogP contribution in [0.1, 0.15) is 29.8 Å². The van der Waals surface area contributed by atoms with Crippen LogP contribution in [-0.4, -0.2) is 25.8 Å². The molecule has 0 aromatic carbocycles. The Bertz CT molecular complexity index is 748. The predicted molar refractivity (Wildman–Crippen MR) is 70.9 cm³/mol. The van der Waals surface area contributed by atoms with Crippen LogP contribution in [0.3, 0.4) is 0 Å². The monoisotopic (exact) mass is 296 g/mol. The first-order valence-electron chi connectivity index (χ1n) is 6.25. The van der Waals surface area contributed by atoms with Crippen molar-refractivity contribution in [2.45, 2.75) is 32.1 Å². The van der Waals surface area contributed by atoms with Gasteiger partial charge in [-0.15, -0.1) is 11.3 Å². The molecule has 0 saturated heterocycles. The van der Waals surface area contributed by atoms with E-state index < -0.39 is 23.3 Å². The SMILES string of the molecule is O=C(O)Oc1c(O)nc2sc3c(n2c1=O)CCCCC3. The summed E-state index contributed by atoms with van der Waals surface area (Å²) in [4.78, 5) is 28.2. The molecule has 1 aliphatic rings. The lowest BCUT2D eigenvalue weighted by Gasteiger charge is -2.04. The van der Waals surface area contributed by atoms with E-state index in [1.807, 2.05) is 0 Å². The summed E-state index contributed by atoms with van der Waals surface area (Å²) in [5.41, 5.74) is 0.185. The van der Waals surface area contributed by atoms with Crippen LogP contribution in [0.5, 0.6) is 11.6 Å². The summed E-state index contributed by atoms with van der Waals surface area (Å²) in [6, 6.07) is 0. The van der Waals surface area contributed by atoms with Gasteiger partial charge in [0.15, 0.2) is 0 Å². The van der Waals surface area contributed by atoms with E-state index in [2.05, 4.69) is 9.72 Å². The Morgan fingerprint density at radius 1 is 1.30 bits per heavy atom. The predicted octanol–water partition coefficient (Wildman–Crippen LogP) is 1.79. The van der Waals surface area contributed by atoms with Gasteiger partial charge in [-0.1, -0.05) is 6.42 Å². The Morgan fingerprint density at radius 3 is 2.80 bits per heavy atom. The average Bonchev–Trinajstić information content (AvgIpc) is 2.56. The van der Waals surface area contributed by atoms with Gasteiger partial charge in [0.05, 0.1) is 0 Å². The first kappa shape index (κ1) is 12.9. The van der Waals surface area contributed by atoms with Gasteiger partial charge >= 0.3 is 11.7 Å². The molecule has 7 nitrogen and oxygen atoms in total. The van der Waals surface area contributed by atoms with E-state index in [1.165, 1.54) is 15.7 Å². The minimum Gasteiger partial charge on any atom is -0.490 e. The van der Waals surface area contributed by atoms with Gasteiger partial charge in [0.2, 0.25) is 4.96 Å². The van der Waals surface area contributed by atoms with Gasteiger partial charge in [-0.05, 0) is 25.7 Å². The molecule has 0 atom stereocenters. The number of rotatable bonds is 1. The summed E-state index contributed by atoms with van der Waals surface area (Å²) >= 11 is 1.36. The summed E-state index contributed by atoms with van der Waals surface area (Å²) < 4.78 is 5.72. The zero-order chi connectivity index (χ0) is 14.3. The van der Waals surface area contributed by atoms with E-state index >= 15 is 0 Å². The number of hydrogen-bond donors (Lipinski definition) is 2. The van der Waals surface area contributed by atoms with E-state index in [0.717, 1.165) is 42.7 Å². The molecule has 20 heavy (non-hydrogen) atoms.